The fourth-order valence-corrected chi connectivity index (χ4v) is 15.0. The van der Waals surface area contributed by atoms with Crippen LogP contribution in [0.2, 0.25) is 36.3 Å². The fraction of sp³-hybridized carbons (Fsp3) is 0.911. The van der Waals surface area contributed by atoms with Gasteiger partial charge in [0.1, 0.15) is 11.9 Å². The Balaban J connectivity index is 2.26. The molecular weight excluding hydrogens is 709 g/mol. The molecule has 2 saturated heterocycles. The maximum atomic E-state index is 14.1. The molecule has 0 unspecified atom stereocenters. The molecule has 0 amide bonds. The predicted molar refractivity (Wildman–Crippen MR) is 230 cm³/mol. The first-order valence-electron chi connectivity index (χ1n) is 22.4. The van der Waals surface area contributed by atoms with Gasteiger partial charge in [0.05, 0.1) is 24.4 Å². The minimum Gasteiger partial charge on any atom is -0.413 e. The fourth-order valence-electron chi connectivity index (χ4n) is 9.07. The molecule has 7 nitrogen and oxygen atoms in total. The van der Waals surface area contributed by atoms with Crippen LogP contribution in [0.1, 0.15) is 148 Å². The van der Waals surface area contributed by atoms with E-state index in [4.69, 9.17) is 23.1 Å². The van der Waals surface area contributed by atoms with Crippen molar-refractivity contribution in [3.63, 3.8) is 0 Å². The molecule has 0 saturated carbocycles. The molecule has 54 heavy (non-hydrogen) atoms. The van der Waals surface area contributed by atoms with Crippen LogP contribution in [0, 0.1) is 35.5 Å². The van der Waals surface area contributed by atoms with Gasteiger partial charge in [0.15, 0.2) is 28.2 Å². The van der Waals surface area contributed by atoms with Crippen molar-refractivity contribution in [2.75, 3.05) is 7.11 Å². The summed E-state index contributed by atoms with van der Waals surface area (Å²) in [6, 6.07) is 6.38. The van der Waals surface area contributed by atoms with E-state index in [1.807, 2.05) is 13.0 Å². The average Bonchev–Trinajstić information content (AvgIpc) is 3.17. The van der Waals surface area contributed by atoms with Gasteiger partial charge >= 0.3 is 0 Å². The largest absolute Gasteiger partial charge is 0.413 e. The third-order valence-electron chi connectivity index (χ3n) is 14.3. The summed E-state index contributed by atoms with van der Waals surface area (Å²) in [5.74, 6) is 1.06. The van der Waals surface area contributed by atoms with Crippen LogP contribution in [0.15, 0.2) is 12.2 Å². The molecule has 2 heterocycles. The molecule has 1 spiro atoms. The summed E-state index contributed by atoms with van der Waals surface area (Å²) < 4.78 is 34.2. The number of carbonyl (C=O) groups is 2. The third-order valence-corrected chi connectivity index (χ3v) is 23.6. The van der Waals surface area contributed by atoms with E-state index in [1.165, 1.54) is 0 Å². The number of carbonyl (C=O) groups excluding carboxylic acids is 2. The van der Waals surface area contributed by atoms with Crippen molar-refractivity contribution >= 4 is 28.2 Å². The van der Waals surface area contributed by atoms with Gasteiger partial charge in [-0.25, -0.2) is 0 Å². The van der Waals surface area contributed by atoms with Crippen LogP contribution in [0.5, 0.6) is 0 Å². The standard InChI is InChI=1S/C45H86O7Si2/c1-16-53(17-2,18-3)51-41(37(13)39(47)24-27-42(48-15)43(32(7)8)52-54(19-4,20-5)21-6)26-23-35(11)44-36(12)29-31-45(50-44)30-28-34(10)40(49-45)25-22-33(9)38(14)46/h24,27,32-37,40-44H,16-23,25-26,28-31H2,1-15H3/b27-24+/t33-,34+,35+,36-,37+,40-,41-,42-,43+,44-,45+/m0/s1. The number of hydrogen-bond donors (Lipinski definition) is 0. The number of hydrogen-bond acceptors (Lipinski definition) is 7. The number of allylic oxidation sites excluding steroid dienone is 1. The van der Waals surface area contributed by atoms with Crippen molar-refractivity contribution in [1.82, 2.24) is 0 Å². The summed E-state index contributed by atoms with van der Waals surface area (Å²) in [6.07, 6.45) is 10.9. The van der Waals surface area contributed by atoms with Crippen molar-refractivity contribution in [1.29, 1.82) is 0 Å². The Morgan fingerprint density at radius 2 is 1.31 bits per heavy atom. The second-order valence-electron chi connectivity index (χ2n) is 18.0. The van der Waals surface area contributed by atoms with Gasteiger partial charge in [-0.3, -0.25) is 9.59 Å². The third kappa shape index (κ3) is 13.4. The summed E-state index contributed by atoms with van der Waals surface area (Å²) in [4.78, 5) is 26.0. The van der Waals surface area contributed by atoms with Gasteiger partial charge in [-0.2, -0.15) is 0 Å². The first kappa shape index (κ1) is 49.5. The summed E-state index contributed by atoms with van der Waals surface area (Å²) in [6.45, 7) is 30.7. The molecule has 11 atom stereocenters. The van der Waals surface area contributed by atoms with Crippen molar-refractivity contribution in [2.24, 2.45) is 35.5 Å². The molecule has 2 aliphatic rings. The lowest BCUT2D eigenvalue weighted by molar-refractivity contribution is -0.338. The lowest BCUT2D eigenvalue weighted by Crippen LogP contribution is -2.53. The lowest BCUT2D eigenvalue weighted by atomic mass is 9.79. The number of methoxy groups -OCH3 is 1. The molecule has 0 radical (unpaired) electrons. The van der Waals surface area contributed by atoms with Crippen LogP contribution in [-0.2, 0) is 32.7 Å². The Morgan fingerprint density at radius 1 is 0.778 bits per heavy atom. The molecule has 2 rings (SSSR count). The molecule has 0 aromatic rings. The van der Waals surface area contributed by atoms with Crippen molar-refractivity contribution in [3.05, 3.63) is 12.2 Å². The van der Waals surface area contributed by atoms with Crippen LogP contribution in [0.3, 0.4) is 0 Å². The molecule has 0 N–H and O–H groups in total. The Hall–Kier alpha value is -0.686. The topological polar surface area (TPSA) is 80.3 Å². The van der Waals surface area contributed by atoms with E-state index >= 15 is 0 Å². The molecule has 0 bridgehead atoms. The molecule has 0 aromatic carbocycles. The zero-order chi connectivity index (χ0) is 40.9. The molecule has 9 heteroatoms. The first-order valence-corrected chi connectivity index (χ1v) is 27.5. The van der Waals surface area contributed by atoms with E-state index in [-0.39, 0.29) is 59.8 Å². The molecule has 0 aliphatic carbocycles. The zero-order valence-corrected chi connectivity index (χ0v) is 39.8. The van der Waals surface area contributed by atoms with Crippen LogP contribution < -0.4 is 0 Å². The van der Waals surface area contributed by atoms with Gasteiger partial charge < -0.3 is 23.1 Å². The van der Waals surface area contributed by atoms with Gasteiger partial charge in [-0.1, -0.05) is 90.0 Å². The van der Waals surface area contributed by atoms with Gasteiger partial charge in [-0.05, 0) is 118 Å². The maximum Gasteiger partial charge on any atom is 0.192 e. The number of ketones is 2. The van der Waals surface area contributed by atoms with E-state index in [0.717, 1.165) is 87.6 Å². The molecule has 2 aliphatic heterocycles. The van der Waals surface area contributed by atoms with Crippen molar-refractivity contribution < 1.29 is 32.7 Å². The summed E-state index contributed by atoms with van der Waals surface area (Å²) in [5.41, 5.74) is 0. The highest BCUT2D eigenvalue weighted by molar-refractivity contribution is 6.74. The number of ether oxygens (including phenoxy) is 3. The van der Waals surface area contributed by atoms with Gasteiger partial charge in [0.2, 0.25) is 0 Å². The highest BCUT2D eigenvalue weighted by Gasteiger charge is 2.48. The highest BCUT2D eigenvalue weighted by atomic mass is 28.4. The summed E-state index contributed by atoms with van der Waals surface area (Å²) in [5, 5.41) is 0. The Labute approximate surface area is 335 Å². The van der Waals surface area contributed by atoms with E-state index in [1.54, 1.807) is 20.1 Å². The maximum absolute atomic E-state index is 14.1. The van der Waals surface area contributed by atoms with E-state index < -0.39 is 22.4 Å². The number of Topliss-reactive ketones (excluding diaryl/α,β-unsaturated/α-hetero) is 1. The second kappa shape index (κ2) is 23.0. The SMILES string of the molecule is CC[Si](CC)(CC)O[C@@H](CC[C@@H](C)[C@@H]1O[C@]2(CC[C@@H](C)[C@H](CC[C@H](C)C(C)=O)O2)CC[C@@H]1C)[C@H](C)C(=O)/C=C/[C@H](OC)[C@H](O[Si](CC)(CC)CC)C(C)C. The Morgan fingerprint density at radius 3 is 1.81 bits per heavy atom. The molecular formula is C45H86O7Si2. The second-order valence-corrected chi connectivity index (χ2v) is 27.5. The Bertz CT molecular complexity index is 1120. The van der Waals surface area contributed by atoms with Crippen LogP contribution >= 0.6 is 0 Å². The van der Waals surface area contributed by atoms with E-state index in [0.29, 0.717) is 17.8 Å². The van der Waals surface area contributed by atoms with Crippen LogP contribution in [0.4, 0.5) is 0 Å². The molecule has 2 fully saturated rings. The molecule has 0 aromatic heterocycles. The molecule has 316 valence electrons. The number of rotatable bonds is 25. The summed E-state index contributed by atoms with van der Waals surface area (Å²) >= 11 is 0. The monoisotopic (exact) mass is 795 g/mol. The zero-order valence-electron chi connectivity index (χ0n) is 37.8. The van der Waals surface area contributed by atoms with Gasteiger partial charge in [0, 0.05) is 31.8 Å². The van der Waals surface area contributed by atoms with Crippen LogP contribution in [0.25, 0.3) is 0 Å². The lowest BCUT2D eigenvalue weighted by Gasteiger charge is -2.51. The Kier molecular flexibility index (Phi) is 21.1. The van der Waals surface area contributed by atoms with E-state index in [9.17, 15) is 9.59 Å². The van der Waals surface area contributed by atoms with Gasteiger partial charge in [0.25, 0.3) is 0 Å². The summed E-state index contributed by atoms with van der Waals surface area (Å²) in [7, 11) is -2.14. The minimum absolute atomic E-state index is 0.0650. The first-order chi connectivity index (χ1) is 25.4. The highest BCUT2D eigenvalue weighted by Crippen LogP contribution is 2.46. The van der Waals surface area contributed by atoms with E-state index in [2.05, 4.69) is 83.1 Å². The van der Waals surface area contributed by atoms with Crippen molar-refractivity contribution in [3.8, 4) is 0 Å². The van der Waals surface area contributed by atoms with Crippen LogP contribution in [-0.4, -0.2) is 71.6 Å². The smallest absolute Gasteiger partial charge is 0.192 e. The average molecular weight is 795 g/mol. The normalized spacial score (nSPS) is 27.6. The minimum atomic E-state index is -2.00. The van der Waals surface area contributed by atoms with Crippen molar-refractivity contribution in [2.45, 2.75) is 221 Å². The van der Waals surface area contributed by atoms with Gasteiger partial charge in [-0.15, -0.1) is 0 Å². The quantitative estimate of drug-likeness (QED) is 0.0672. The predicted octanol–water partition coefficient (Wildman–Crippen LogP) is 11.9.